The van der Waals surface area contributed by atoms with E-state index < -0.39 is 0 Å². The molecule has 3 atom stereocenters. The summed E-state index contributed by atoms with van der Waals surface area (Å²) >= 11 is 0. The molecule has 3 unspecified atom stereocenters. The van der Waals surface area contributed by atoms with Gasteiger partial charge in [-0.2, -0.15) is 0 Å². The molecule has 0 saturated carbocycles. The summed E-state index contributed by atoms with van der Waals surface area (Å²) in [4.78, 5) is 14.8. The molecule has 1 amide bonds. The minimum atomic E-state index is -0.164. The lowest BCUT2D eigenvalue weighted by Crippen LogP contribution is -2.50. The standard InChI is InChI=1S/C17H26N2O2.ClH/c1-12-7-8-19(15(9-12)11-18)17(20)13(2)14-5-4-6-16(10-14)21-3;/h4-6,10,12-13,15H,7-9,11,18H2,1-3H3;1H. The van der Waals surface area contributed by atoms with Gasteiger partial charge in [0.05, 0.1) is 13.0 Å². The first-order valence-corrected chi connectivity index (χ1v) is 7.71. The van der Waals surface area contributed by atoms with Gasteiger partial charge in [-0.25, -0.2) is 0 Å². The van der Waals surface area contributed by atoms with Gasteiger partial charge in [-0.05, 0) is 43.4 Å². The van der Waals surface area contributed by atoms with Crippen molar-refractivity contribution in [3.8, 4) is 5.75 Å². The van der Waals surface area contributed by atoms with Crippen molar-refractivity contribution in [1.82, 2.24) is 4.90 Å². The van der Waals surface area contributed by atoms with Crippen molar-refractivity contribution in [3.63, 3.8) is 0 Å². The predicted molar refractivity (Wildman–Crippen MR) is 91.6 cm³/mol. The van der Waals surface area contributed by atoms with Crippen molar-refractivity contribution < 1.29 is 9.53 Å². The molecule has 2 rings (SSSR count). The zero-order chi connectivity index (χ0) is 15.4. The fourth-order valence-electron chi connectivity index (χ4n) is 3.07. The maximum Gasteiger partial charge on any atom is 0.230 e. The number of methoxy groups -OCH3 is 1. The Morgan fingerprint density at radius 1 is 1.50 bits per heavy atom. The molecule has 4 nitrogen and oxygen atoms in total. The third-order valence-corrected chi connectivity index (χ3v) is 4.50. The van der Waals surface area contributed by atoms with Gasteiger partial charge in [0.15, 0.2) is 0 Å². The van der Waals surface area contributed by atoms with Crippen molar-refractivity contribution in [2.24, 2.45) is 11.7 Å². The molecule has 1 aliphatic heterocycles. The summed E-state index contributed by atoms with van der Waals surface area (Å²) in [7, 11) is 1.64. The van der Waals surface area contributed by atoms with Gasteiger partial charge in [0.2, 0.25) is 5.91 Å². The Balaban J connectivity index is 0.00000242. The van der Waals surface area contributed by atoms with Crippen molar-refractivity contribution in [1.29, 1.82) is 0 Å². The maximum atomic E-state index is 12.8. The lowest BCUT2D eigenvalue weighted by Gasteiger charge is -2.39. The van der Waals surface area contributed by atoms with Crippen LogP contribution in [0.3, 0.4) is 0 Å². The lowest BCUT2D eigenvalue weighted by atomic mass is 9.90. The van der Waals surface area contributed by atoms with E-state index in [9.17, 15) is 4.79 Å². The summed E-state index contributed by atoms with van der Waals surface area (Å²) in [6.45, 7) is 5.55. The van der Waals surface area contributed by atoms with Crippen molar-refractivity contribution in [2.45, 2.75) is 38.6 Å². The van der Waals surface area contributed by atoms with Gasteiger partial charge >= 0.3 is 0 Å². The van der Waals surface area contributed by atoms with E-state index in [1.807, 2.05) is 36.1 Å². The van der Waals surface area contributed by atoms with Gasteiger partial charge < -0.3 is 15.4 Å². The molecular weight excluding hydrogens is 300 g/mol. The monoisotopic (exact) mass is 326 g/mol. The molecular formula is C17H27ClN2O2. The van der Waals surface area contributed by atoms with Crippen LogP contribution in [0.4, 0.5) is 0 Å². The minimum absolute atomic E-state index is 0. The van der Waals surface area contributed by atoms with Crippen LogP contribution in [0, 0.1) is 5.92 Å². The highest BCUT2D eigenvalue weighted by Gasteiger charge is 2.31. The number of halogens is 1. The molecule has 1 fully saturated rings. The highest BCUT2D eigenvalue weighted by molar-refractivity contribution is 5.85. The molecule has 0 bridgehead atoms. The van der Waals surface area contributed by atoms with Crippen LogP contribution in [0.1, 0.15) is 38.2 Å². The number of amides is 1. The Kier molecular flexibility index (Phi) is 7.17. The number of carbonyl (C=O) groups is 1. The lowest BCUT2D eigenvalue weighted by molar-refractivity contribution is -0.136. The average molecular weight is 327 g/mol. The Morgan fingerprint density at radius 2 is 2.23 bits per heavy atom. The van der Waals surface area contributed by atoms with Crippen LogP contribution in [0.15, 0.2) is 24.3 Å². The predicted octanol–water partition coefficient (Wildman–Crippen LogP) is 2.81. The number of piperidine rings is 1. The summed E-state index contributed by atoms with van der Waals surface area (Å²) in [6, 6.07) is 7.92. The van der Waals surface area contributed by atoms with Gasteiger partial charge in [0.1, 0.15) is 5.75 Å². The van der Waals surface area contributed by atoms with Crippen LogP contribution in [0.2, 0.25) is 0 Å². The zero-order valence-corrected chi connectivity index (χ0v) is 14.4. The summed E-state index contributed by atoms with van der Waals surface area (Å²) in [6.07, 6.45) is 2.07. The number of nitrogens with two attached hydrogens (primary N) is 1. The molecule has 1 aliphatic rings. The Morgan fingerprint density at radius 3 is 2.86 bits per heavy atom. The molecule has 0 spiro atoms. The second-order valence-electron chi connectivity index (χ2n) is 6.05. The molecule has 5 heteroatoms. The van der Waals surface area contributed by atoms with Crippen LogP contribution in [0.25, 0.3) is 0 Å². The van der Waals surface area contributed by atoms with E-state index in [0.29, 0.717) is 12.5 Å². The number of benzene rings is 1. The highest BCUT2D eigenvalue weighted by atomic mass is 35.5. The molecule has 22 heavy (non-hydrogen) atoms. The smallest absolute Gasteiger partial charge is 0.230 e. The molecule has 0 aromatic heterocycles. The molecule has 0 aliphatic carbocycles. The SMILES string of the molecule is COc1cccc(C(C)C(=O)N2CCC(C)CC2CN)c1.Cl. The fourth-order valence-corrected chi connectivity index (χ4v) is 3.07. The molecule has 1 aromatic carbocycles. The van der Waals surface area contributed by atoms with E-state index in [-0.39, 0.29) is 30.3 Å². The second kappa shape index (κ2) is 8.39. The van der Waals surface area contributed by atoms with Crippen molar-refractivity contribution in [2.75, 3.05) is 20.2 Å². The summed E-state index contributed by atoms with van der Waals surface area (Å²) in [5.41, 5.74) is 6.86. The molecule has 124 valence electrons. The third kappa shape index (κ3) is 4.14. The van der Waals surface area contributed by atoms with Gasteiger partial charge in [0.25, 0.3) is 0 Å². The number of carbonyl (C=O) groups excluding carboxylic acids is 1. The van der Waals surface area contributed by atoms with E-state index in [0.717, 1.165) is 30.7 Å². The van der Waals surface area contributed by atoms with Crippen LogP contribution >= 0.6 is 12.4 Å². The summed E-state index contributed by atoms with van der Waals surface area (Å²) < 4.78 is 5.24. The highest BCUT2D eigenvalue weighted by Crippen LogP contribution is 2.27. The minimum Gasteiger partial charge on any atom is -0.497 e. The Labute approximate surface area is 139 Å². The fraction of sp³-hybridized carbons (Fsp3) is 0.588. The van der Waals surface area contributed by atoms with Crippen molar-refractivity contribution in [3.05, 3.63) is 29.8 Å². The number of ether oxygens (including phenoxy) is 1. The van der Waals surface area contributed by atoms with E-state index in [1.165, 1.54) is 0 Å². The first kappa shape index (κ1) is 18.8. The third-order valence-electron chi connectivity index (χ3n) is 4.50. The quantitative estimate of drug-likeness (QED) is 0.925. The number of hydrogen-bond donors (Lipinski definition) is 1. The molecule has 2 N–H and O–H groups in total. The van der Waals surface area contributed by atoms with E-state index >= 15 is 0 Å². The van der Waals surface area contributed by atoms with Crippen LogP contribution < -0.4 is 10.5 Å². The summed E-state index contributed by atoms with van der Waals surface area (Å²) in [5.74, 6) is 1.44. The topological polar surface area (TPSA) is 55.6 Å². The molecule has 0 radical (unpaired) electrons. The molecule has 1 saturated heterocycles. The largest absolute Gasteiger partial charge is 0.497 e. The normalized spacial score (nSPS) is 22.6. The Hall–Kier alpha value is -1.26. The zero-order valence-electron chi connectivity index (χ0n) is 13.6. The van der Waals surface area contributed by atoms with E-state index in [1.54, 1.807) is 7.11 Å². The summed E-state index contributed by atoms with van der Waals surface area (Å²) in [5, 5.41) is 0. The van der Waals surface area contributed by atoms with Crippen LogP contribution in [-0.4, -0.2) is 37.0 Å². The second-order valence-corrected chi connectivity index (χ2v) is 6.05. The number of rotatable bonds is 4. The maximum absolute atomic E-state index is 12.8. The Bertz CT molecular complexity index is 495. The van der Waals surface area contributed by atoms with E-state index in [2.05, 4.69) is 6.92 Å². The van der Waals surface area contributed by atoms with Gasteiger partial charge in [0, 0.05) is 19.1 Å². The van der Waals surface area contributed by atoms with Crippen LogP contribution in [0.5, 0.6) is 5.75 Å². The number of nitrogens with zero attached hydrogens (tertiary/aromatic N) is 1. The van der Waals surface area contributed by atoms with E-state index in [4.69, 9.17) is 10.5 Å². The van der Waals surface area contributed by atoms with Crippen LogP contribution in [-0.2, 0) is 4.79 Å². The molecule has 1 heterocycles. The van der Waals surface area contributed by atoms with Gasteiger partial charge in [-0.15, -0.1) is 12.4 Å². The number of likely N-dealkylation sites (tertiary alicyclic amines) is 1. The molecule has 1 aromatic rings. The number of hydrogen-bond acceptors (Lipinski definition) is 3. The van der Waals surface area contributed by atoms with Gasteiger partial charge in [-0.3, -0.25) is 4.79 Å². The average Bonchev–Trinajstić information content (AvgIpc) is 2.53. The van der Waals surface area contributed by atoms with Crippen molar-refractivity contribution >= 4 is 18.3 Å². The first-order chi connectivity index (χ1) is 10.1. The van der Waals surface area contributed by atoms with Gasteiger partial charge in [-0.1, -0.05) is 19.1 Å². The first-order valence-electron chi connectivity index (χ1n) is 7.71.